The highest BCUT2D eigenvalue weighted by molar-refractivity contribution is 5.76. The zero-order valence-corrected chi connectivity index (χ0v) is 13.3. The first-order valence-electron chi connectivity index (χ1n) is 7.92. The first-order chi connectivity index (χ1) is 9.93. The summed E-state index contributed by atoms with van der Waals surface area (Å²) in [5.41, 5.74) is 0. The topological polar surface area (TPSA) is 64.1 Å². The van der Waals surface area contributed by atoms with Gasteiger partial charge in [-0.1, -0.05) is 6.92 Å². The fourth-order valence-electron chi connectivity index (χ4n) is 3.43. The van der Waals surface area contributed by atoms with Gasteiger partial charge in [-0.05, 0) is 33.2 Å². The number of carboxylic acids is 1. The van der Waals surface area contributed by atoms with Crippen LogP contribution in [-0.2, 0) is 4.79 Å². The highest BCUT2D eigenvalue weighted by atomic mass is 16.4. The Hall–Kier alpha value is -1.30. The molecule has 0 radical (unpaired) electrons. The van der Waals surface area contributed by atoms with Crippen molar-refractivity contribution in [3.63, 3.8) is 0 Å². The van der Waals surface area contributed by atoms with E-state index in [4.69, 9.17) is 5.11 Å². The van der Waals surface area contributed by atoms with Gasteiger partial charge in [0.25, 0.3) is 0 Å². The molecule has 120 valence electrons. The molecular formula is C15H27N3O3. The van der Waals surface area contributed by atoms with E-state index in [0.29, 0.717) is 18.6 Å². The van der Waals surface area contributed by atoms with Gasteiger partial charge in [-0.25, -0.2) is 4.79 Å². The van der Waals surface area contributed by atoms with Crippen LogP contribution in [0.25, 0.3) is 0 Å². The van der Waals surface area contributed by atoms with Crippen molar-refractivity contribution >= 4 is 12.0 Å². The normalized spacial score (nSPS) is 27.3. The minimum absolute atomic E-state index is 0.00782. The molecule has 6 heteroatoms. The van der Waals surface area contributed by atoms with E-state index >= 15 is 0 Å². The first kappa shape index (κ1) is 16.1. The van der Waals surface area contributed by atoms with Gasteiger partial charge >= 0.3 is 12.0 Å². The van der Waals surface area contributed by atoms with Crippen LogP contribution < -0.4 is 0 Å². The van der Waals surface area contributed by atoms with E-state index in [0.717, 1.165) is 25.9 Å². The molecule has 2 aliphatic heterocycles. The lowest BCUT2D eigenvalue weighted by Crippen LogP contribution is -2.48. The van der Waals surface area contributed by atoms with Crippen molar-refractivity contribution in [2.45, 2.75) is 45.2 Å². The molecule has 2 heterocycles. The summed E-state index contributed by atoms with van der Waals surface area (Å²) < 4.78 is 0. The second kappa shape index (κ2) is 6.64. The van der Waals surface area contributed by atoms with Gasteiger partial charge in [0.2, 0.25) is 0 Å². The fourth-order valence-corrected chi connectivity index (χ4v) is 3.43. The summed E-state index contributed by atoms with van der Waals surface area (Å²) >= 11 is 0. The van der Waals surface area contributed by atoms with Gasteiger partial charge < -0.3 is 14.9 Å². The van der Waals surface area contributed by atoms with E-state index < -0.39 is 11.9 Å². The van der Waals surface area contributed by atoms with Gasteiger partial charge in [0.1, 0.15) is 0 Å². The summed E-state index contributed by atoms with van der Waals surface area (Å²) in [6.07, 6.45) is 3.41. The summed E-state index contributed by atoms with van der Waals surface area (Å²) in [4.78, 5) is 29.6. The Kier molecular flexibility index (Phi) is 5.08. The minimum atomic E-state index is -0.851. The number of likely N-dealkylation sites (tertiary alicyclic amines) is 1. The number of carboxylic acid groups (broad SMARTS) is 1. The highest BCUT2D eigenvalue weighted by Gasteiger charge is 2.37. The Bertz CT molecular complexity index is 402. The molecule has 21 heavy (non-hydrogen) atoms. The Morgan fingerprint density at radius 3 is 2.57 bits per heavy atom. The van der Waals surface area contributed by atoms with Crippen molar-refractivity contribution in [1.29, 1.82) is 0 Å². The third-order valence-electron chi connectivity index (χ3n) is 4.99. The smallest absolute Gasteiger partial charge is 0.320 e. The summed E-state index contributed by atoms with van der Waals surface area (Å²) in [7, 11) is 2.15. The molecule has 0 spiro atoms. The van der Waals surface area contributed by atoms with Gasteiger partial charge in [0, 0.05) is 38.3 Å². The lowest BCUT2D eigenvalue weighted by atomic mass is 10.1. The predicted octanol–water partition coefficient (Wildman–Crippen LogP) is 1.32. The summed E-state index contributed by atoms with van der Waals surface area (Å²) in [5, 5.41) is 9.03. The third-order valence-corrected chi connectivity index (χ3v) is 4.99. The van der Waals surface area contributed by atoms with Gasteiger partial charge in [-0.2, -0.15) is 0 Å². The van der Waals surface area contributed by atoms with Crippen molar-refractivity contribution in [1.82, 2.24) is 14.7 Å². The molecule has 0 aromatic rings. The van der Waals surface area contributed by atoms with Crippen LogP contribution in [0.2, 0.25) is 0 Å². The molecule has 3 unspecified atom stereocenters. The number of hydrogen-bond donors (Lipinski definition) is 1. The SMILES string of the molecule is CCN(CC(C)C(=O)O)C(=O)N1CCC2CCC(C1)N2C. The minimum Gasteiger partial charge on any atom is -0.481 e. The molecule has 0 saturated carbocycles. The number of rotatable bonds is 4. The molecule has 2 rings (SSSR count). The number of hydrogen-bond acceptors (Lipinski definition) is 3. The van der Waals surface area contributed by atoms with Crippen LogP contribution in [0.5, 0.6) is 0 Å². The Morgan fingerprint density at radius 2 is 1.95 bits per heavy atom. The maximum absolute atomic E-state index is 12.7. The average Bonchev–Trinajstić information content (AvgIpc) is 2.68. The van der Waals surface area contributed by atoms with Crippen LogP contribution in [0.4, 0.5) is 4.79 Å². The summed E-state index contributed by atoms with van der Waals surface area (Å²) in [6.45, 7) is 5.94. The average molecular weight is 297 g/mol. The third kappa shape index (κ3) is 3.48. The van der Waals surface area contributed by atoms with Crippen LogP contribution in [0.1, 0.15) is 33.1 Å². The van der Waals surface area contributed by atoms with Gasteiger partial charge in [0.05, 0.1) is 5.92 Å². The maximum atomic E-state index is 12.7. The fraction of sp³-hybridized carbons (Fsp3) is 0.867. The summed E-state index contributed by atoms with van der Waals surface area (Å²) in [6, 6.07) is 1.05. The Labute approximate surface area is 126 Å². The van der Waals surface area contributed by atoms with Crippen molar-refractivity contribution in [3.05, 3.63) is 0 Å². The number of fused-ring (bicyclic) bond motifs is 2. The number of aliphatic carboxylic acids is 1. The number of amides is 2. The van der Waals surface area contributed by atoms with E-state index in [1.54, 1.807) is 11.8 Å². The van der Waals surface area contributed by atoms with Crippen LogP contribution in [0.3, 0.4) is 0 Å². The molecular weight excluding hydrogens is 270 g/mol. The largest absolute Gasteiger partial charge is 0.481 e. The number of likely N-dealkylation sites (N-methyl/N-ethyl adjacent to an activating group) is 1. The van der Waals surface area contributed by atoms with Crippen LogP contribution >= 0.6 is 0 Å². The molecule has 1 N–H and O–H groups in total. The molecule has 3 atom stereocenters. The number of carbonyl (C=O) groups excluding carboxylic acids is 1. The maximum Gasteiger partial charge on any atom is 0.320 e. The molecule has 6 nitrogen and oxygen atoms in total. The standard InChI is InChI=1S/C15H27N3O3/c1-4-17(9-11(2)14(19)20)15(21)18-8-7-12-5-6-13(10-18)16(12)3/h11-13H,4-10H2,1-3H3,(H,19,20). The number of nitrogens with zero attached hydrogens (tertiary/aromatic N) is 3. The quantitative estimate of drug-likeness (QED) is 0.850. The predicted molar refractivity (Wildman–Crippen MR) is 80.2 cm³/mol. The van der Waals surface area contributed by atoms with E-state index in [-0.39, 0.29) is 12.6 Å². The van der Waals surface area contributed by atoms with Crippen molar-refractivity contribution in [3.8, 4) is 0 Å². The second-order valence-corrected chi connectivity index (χ2v) is 6.35. The van der Waals surface area contributed by atoms with Gasteiger partial charge in [-0.3, -0.25) is 9.69 Å². The van der Waals surface area contributed by atoms with Gasteiger partial charge in [0.15, 0.2) is 0 Å². The monoisotopic (exact) mass is 297 g/mol. The van der Waals surface area contributed by atoms with Crippen LogP contribution in [-0.4, -0.2) is 77.1 Å². The van der Waals surface area contributed by atoms with Crippen molar-refractivity contribution in [2.24, 2.45) is 5.92 Å². The molecule has 0 aromatic heterocycles. The zero-order chi connectivity index (χ0) is 15.6. The lowest BCUT2D eigenvalue weighted by Gasteiger charge is -2.32. The molecule has 0 aliphatic carbocycles. The summed E-state index contributed by atoms with van der Waals surface area (Å²) in [5.74, 6) is -1.38. The Morgan fingerprint density at radius 1 is 1.29 bits per heavy atom. The van der Waals surface area contributed by atoms with E-state index in [1.165, 1.54) is 6.42 Å². The lowest BCUT2D eigenvalue weighted by molar-refractivity contribution is -0.141. The highest BCUT2D eigenvalue weighted by Crippen LogP contribution is 2.28. The zero-order valence-electron chi connectivity index (χ0n) is 13.3. The van der Waals surface area contributed by atoms with E-state index in [2.05, 4.69) is 11.9 Å². The molecule has 2 amide bonds. The molecule has 2 fully saturated rings. The van der Waals surface area contributed by atoms with E-state index in [9.17, 15) is 9.59 Å². The van der Waals surface area contributed by atoms with Crippen LogP contribution in [0, 0.1) is 5.92 Å². The van der Waals surface area contributed by atoms with Crippen LogP contribution in [0.15, 0.2) is 0 Å². The van der Waals surface area contributed by atoms with Crippen molar-refractivity contribution < 1.29 is 14.7 Å². The molecule has 2 aliphatic rings. The second-order valence-electron chi connectivity index (χ2n) is 6.35. The molecule has 0 aromatic carbocycles. The van der Waals surface area contributed by atoms with Crippen molar-refractivity contribution in [2.75, 3.05) is 33.2 Å². The first-order valence-corrected chi connectivity index (χ1v) is 7.92. The Balaban J connectivity index is 1.99. The molecule has 2 saturated heterocycles. The number of carbonyl (C=O) groups is 2. The van der Waals surface area contributed by atoms with Gasteiger partial charge in [-0.15, -0.1) is 0 Å². The molecule has 2 bridgehead atoms. The van der Waals surface area contributed by atoms with E-state index in [1.807, 2.05) is 11.8 Å². The number of urea groups is 1.